The summed E-state index contributed by atoms with van der Waals surface area (Å²) in [6.45, 7) is 2.41. The maximum atomic E-state index is 12.6. The van der Waals surface area contributed by atoms with Gasteiger partial charge < -0.3 is 15.1 Å². The van der Waals surface area contributed by atoms with Crippen LogP contribution in [0.4, 0.5) is 11.6 Å². The van der Waals surface area contributed by atoms with Crippen LogP contribution in [-0.2, 0) is 0 Å². The Hall–Kier alpha value is -3.81. The molecule has 0 bridgehead atoms. The second-order valence-electron chi connectivity index (χ2n) is 6.58. The van der Waals surface area contributed by atoms with Crippen LogP contribution in [0.25, 0.3) is 0 Å². The van der Waals surface area contributed by atoms with Gasteiger partial charge in [0, 0.05) is 37.9 Å². The number of hydrogen-bond donors (Lipinski definition) is 1. The zero-order chi connectivity index (χ0) is 20.1. The molecule has 146 valence electrons. The van der Waals surface area contributed by atoms with Crippen LogP contribution in [0.1, 0.15) is 20.8 Å². The van der Waals surface area contributed by atoms with Gasteiger partial charge in [-0.25, -0.2) is 9.97 Å². The molecular formula is C21H20N6O2. The van der Waals surface area contributed by atoms with Gasteiger partial charge in [0.1, 0.15) is 17.3 Å². The SMILES string of the molecule is O=C(Nc1ccccn1)c1cncc(N2CCN(C(=O)c3ccccc3)CC2)n1. The monoisotopic (exact) mass is 388 g/mol. The molecule has 0 radical (unpaired) electrons. The maximum Gasteiger partial charge on any atom is 0.277 e. The van der Waals surface area contributed by atoms with E-state index < -0.39 is 0 Å². The van der Waals surface area contributed by atoms with E-state index in [0.717, 1.165) is 0 Å². The fourth-order valence-corrected chi connectivity index (χ4v) is 3.14. The fraction of sp³-hybridized carbons (Fsp3) is 0.190. The molecule has 1 aliphatic rings. The standard InChI is InChI=1S/C21H20N6O2/c28-20(25-18-8-4-5-9-23-18)17-14-22-15-19(24-17)26-10-12-27(13-11-26)21(29)16-6-2-1-3-7-16/h1-9,14-15H,10-13H2,(H,23,25,28). The zero-order valence-electron chi connectivity index (χ0n) is 15.7. The number of carbonyl (C=O) groups excluding carboxylic acids is 2. The predicted molar refractivity (Wildman–Crippen MR) is 109 cm³/mol. The van der Waals surface area contributed by atoms with Crippen LogP contribution in [-0.4, -0.2) is 57.8 Å². The van der Waals surface area contributed by atoms with Crippen molar-refractivity contribution in [3.05, 3.63) is 78.4 Å². The number of pyridine rings is 1. The molecule has 0 spiro atoms. The van der Waals surface area contributed by atoms with E-state index in [1.807, 2.05) is 40.1 Å². The molecule has 3 heterocycles. The van der Waals surface area contributed by atoms with Crippen LogP contribution >= 0.6 is 0 Å². The topological polar surface area (TPSA) is 91.3 Å². The Labute approximate surface area is 168 Å². The number of nitrogens with one attached hydrogen (secondary N) is 1. The van der Waals surface area contributed by atoms with Crippen molar-refractivity contribution in [2.45, 2.75) is 0 Å². The Kier molecular flexibility index (Phi) is 5.42. The van der Waals surface area contributed by atoms with Gasteiger partial charge >= 0.3 is 0 Å². The number of carbonyl (C=O) groups is 2. The number of rotatable bonds is 4. The largest absolute Gasteiger partial charge is 0.352 e. The lowest BCUT2D eigenvalue weighted by Crippen LogP contribution is -2.49. The van der Waals surface area contributed by atoms with Crippen LogP contribution in [0.5, 0.6) is 0 Å². The van der Waals surface area contributed by atoms with Gasteiger partial charge in [0.05, 0.1) is 12.4 Å². The molecule has 0 aliphatic carbocycles. The van der Waals surface area contributed by atoms with E-state index >= 15 is 0 Å². The number of aromatic nitrogens is 3. The average molecular weight is 388 g/mol. The minimum Gasteiger partial charge on any atom is -0.352 e. The molecule has 1 aliphatic heterocycles. The summed E-state index contributed by atoms with van der Waals surface area (Å²) in [6.07, 6.45) is 4.66. The van der Waals surface area contributed by atoms with Crippen LogP contribution < -0.4 is 10.2 Å². The third-order valence-corrected chi connectivity index (χ3v) is 4.67. The van der Waals surface area contributed by atoms with Gasteiger partial charge in [0.2, 0.25) is 0 Å². The highest BCUT2D eigenvalue weighted by Crippen LogP contribution is 2.15. The van der Waals surface area contributed by atoms with Crippen molar-refractivity contribution in [3.63, 3.8) is 0 Å². The van der Waals surface area contributed by atoms with E-state index in [4.69, 9.17) is 0 Å². The number of hydrogen-bond acceptors (Lipinski definition) is 6. The van der Waals surface area contributed by atoms with Gasteiger partial charge in [-0.05, 0) is 24.3 Å². The molecule has 3 aromatic rings. The van der Waals surface area contributed by atoms with Crippen molar-refractivity contribution in [2.75, 3.05) is 36.4 Å². The molecule has 1 fully saturated rings. The number of amides is 2. The predicted octanol–water partition coefficient (Wildman–Crippen LogP) is 2.09. The van der Waals surface area contributed by atoms with Crippen molar-refractivity contribution in [1.29, 1.82) is 0 Å². The molecular weight excluding hydrogens is 368 g/mol. The van der Waals surface area contributed by atoms with Gasteiger partial charge in [-0.3, -0.25) is 14.6 Å². The van der Waals surface area contributed by atoms with E-state index in [1.165, 1.54) is 6.20 Å². The number of benzene rings is 1. The second kappa shape index (κ2) is 8.47. The molecule has 0 saturated carbocycles. The molecule has 0 atom stereocenters. The Balaban J connectivity index is 1.39. The highest BCUT2D eigenvalue weighted by Gasteiger charge is 2.23. The molecule has 1 saturated heterocycles. The first-order chi connectivity index (χ1) is 14.2. The van der Waals surface area contributed by atoms with E-state index in [2.05, 4.69) is 20.3 Å². The summed E-state index contributed by atoms with van der Waals surface area (Å²) in [7, 11) is 0. The highest BCUT2D eigenvalue weighted by molar-refractivity contribution is 6.02. The van der Waals surface area contributed by atoms with Gasteiger partial charge in [0.15, 0.2) is 0 Å². The summed E-state index contributed by atoms with van der Waals surface area (Å²) in [5.74, 6) is 0.735. The number of nitrogens with zero attached hydrogens (tertiary/aromatic N) is 5. The lowest BCUT2D eigenvalue weighted by molar-refractivity contribution is 0.0746. The Morgan fingerprint density at radius 1 is 0.897 bits per heavy atom. The van der Waals surface area contributed by atoms with Crippen molar-refractivity contribution in [3.8, 4) is 0 Å². The number of anilines is 2. The van der Waals surface area contributed by atoms with Gasteiger partial charge in [0.25, 0.3) is 11.8 Å². The molecule has 2 amide bonds. The van der Waals surface area contributed by atoms with E-state index in [9.17, 15) is 9.59 Å². The first kappa shape index (κ1) is 18.5. The molecule has 8 nitrogen and oxygen atoms in total. The zero-order valence-corrected chi connectivity index (χ0v) is 15.7. The van der Waals surface area contributed by atoms with Gasteiger partial charge in [-0.15, -0.1) is 0 Å². The second-order valence-corrected chi connectivity index (χ2v) is 6.58. The third kappa shape index (κ3) is 4.37. The molecule has 8 heteroatoms. The molecule has 4 rings (SSSR count). The summed E-state index contributed by atoms with van der Waals surface area (Å²) in [4.78, 5) is 41.5. The van der Waals surface area contributed by atoms with Crippen LogP contribution in [0.2, 0.25) is 0 Å². The van der Waals surface area contributed by atoms with Crippen molar-refractivity contribution >= 4 is 23.5 Å². The minimum atomic E-state index is -0.365. The normalized spacial score (nSPS) is 13.8. The summed E-state index contributed by atoms with van der Waals surface area (Å²) < 4.78 is 0. The first-order valence-corrected chi connectivity index (χ1v) is 9.34. The van der Waals surface area contributed by atoms with Gasteiger partial charge in [-0.2, -0.15) is 0 Å². The average Bonchev–Trinajstić information content (AvgIpc) is 2.80. The maximum absolute atomic E-state index is 12.6. The minimum absolute atomic E-state index is 0.0276. The smallest absolute Gasteiger partial charge is 0.277 e. The molecule has 2 aromatic heterocycles. The molecule has 1 aromatic carbocycles. The lowest BCUT2D eigenvalue weighted by Gasteiger charge is -2.35. The first-order valence-electron chi connectivity index (χ1n) is 9.34. The Morgan fingerprint density at radius 2 is 1.66 bits per heavy atom. The van der Waals surface area contributed by atoms with E-state index in [0.29, 0.717) is 43.4 Å². The van der Waals surface area contributed by atoms with Crippen molar-refractivity contribution in [1.82, 2.24) is 19.9 Å². The highest BCUT2D eigenvalue weighted by atomic mass is 16.2. The van der Waals surface area contributed by atoms with E-state index in [-0.39, 0.29) is 17.5 Å². The number of piperazine rings is 1. The summed E-state index contributed by atoms with van der Waals surface area (Å²) in [5.41, 5.74) is 0.907. The van der Waals surface area contributed by atoms with Gasteiger partial charge in [-0.1, -0.05) is 24.3 Å². The summed E-state index contributed by atoms with van der Waals surface area (Å²) in [5, 5.41) is 2.70. The fourth-order valence-electron chi connectivity index (χ4n) is 3.14. The summed E-state index contributed by atoms with van der Waals surface area (Å²) >= 11 is 0. The van der Waals surface area contributed by atoms with Crippen LogP contribution in [0.3, 0.4) is 0 Å². The Bertz CT molecular complexity index is 988. The third-order valence-electron chi connectivity index (χ3n) is 4.67. The molecule has 29 heavy (non-hydrogen) atoms. The van der Waals surface area contributed by atoms with Crippen LogP contribution in [0.15, 0.2) is 67.1 Å². The lowest BCUT2D eigenvalue weighted by atomic mass is 10.2. The molecule has 0 unspecified atom stereocenters. The quantitative estimate of drug-likeness (QED) is 0.736. The Morgan fingerprint density at radius 3 is 2.38 bits per heavy atom. The molecule has 1 N–H and O–H groups in total. The summed E-state index contributed by atoms with van der Waals surface area (Å²) in [6, 6.07) is 14.5. The van der Waals surface area contributed by atoms with Crippen molar-refractivity contribution in [2.24, 2.45) is 0 Å². The van der Waals surface area contributed by atoms with Crippen molar-refractivity contribution < 1.29 is 9.59 Å². The van der Waals surface area contributed by atoms with E-state index in [1.54, 1.807) is 30.6 Å². The van der Waals surface area contributed by atoms with Crippen LogP contribution in [0, 0.1) is 0 Å².